The zero-order valence-corrected chi connectivity index (χ0v) is 13.5. The number of rotatable bonds is 4. The molecule has 0 amide bonds. The van der Waals surface area contributed by atoms with Gasteiger partial charge in [-0.2, -0.15) is 17.5 Å². The summed E-state index contributed by atoms with van der Waals surface area (Å²) in [5, 5.41) is 0. The number of pyridine rings is 1. The summed E-state index contributed by atoms with van der Waals surface area (Å²) in [5.74, 6) is 0. The van der Waals surface area contributed by atoms with Crippen molar-refractivity contribution < 1.29 is 31.1 Å². The van der Waals surface area contributed by atoms with E-state index in [0.717, 1.165) is 5.56 Å². The summed E-state index contributed by atoms with van der Waals surface area (Å²) in [6, 6.07) is 3.65. The molecule has 2 fully saturated rings. The van der Waals surface area contributed by atoms with E-state index in [1.54, 1.807) is 18.5 Å². The van der Waals surface area contributed by atoms with E-state index < -0.39 is 21.1 Å². The Bertz CT molecular complexity index is 675. The molecule has 1 aromatic heterocycles. The molecule has 134 valence electrons. The summed E-state index contributed by atoms with van der Waals surface area (Å²) in [6.45, 7) is 0.0972. The van der Waals surface area contributed by atoms with Crippen LogP contribution >= 0.6 is 0 Å². The number of aromatic nitrogens is 1. The fourth-order valence-electron chi connectivity index (χ4n) is 2.96. The molecule has 2 saturated heterocycles. The van der Waals surface area contributed by atoms with Crippen LogP contribution in [-0.2, 0) is 26.1 Å². The quantitative estimate of drug-likeness (QED) is 0.811. The predicted octanol–water partition coefficient (Wildman–Crippen LogP) is 1.68. The number of hydrogen-bond acceptors (Lipinski definition) is 5. The van der Waals surface area contributed by atoms with Crippen molar-refractivity contribution in [2.45, 2.75) is 36.7 Å². The first-order valence-corrected chi connectivity index (χ1v) is 8.87. The minimum absolute atomic E-state index is 0.185. The maximum Gasteiger partial charge on any atom is 0.511 e. The van der Waals surface area contributed by atoms with Gasteiger partial charge < -0.3 is 9.47 Å². The van der Waals surface area contributed by atoms with E-state index in [2.05, 4.69) is 4.98 Å². The molecule has 2 aliphatic heterocycles. The molecule has 0 aromatic carbocycles. The molecule has 2 aliphatic rings. The number of ether oxygens (including phenoxy) is 2. The van der Waals surface area contributed by atoms with Gasteiger partial charge in [0.15, 0.2) is 0 Å². The molecular formula is C14H17F3N2O4S. The third kappa shape index (κ3) is 3.41. The smallest absolute Gasteiger partial charge is 0.373 e. The third-order valence-corrected chi connectivity index (χ3v) is 5.74. The summed E-state index contributed by atoms with van der Waals surface area (Å²) in [5.41, 5.74) is -5.26. The van der Waals surface area contributed by atoms with Crippen LogP contribution in [0.15, 0.2) is 24.5 Å². The van der Waals surface area contributed by atoms with E-state index in [9.17, 15) is 21.6 Å². The Morgan fingerprint density at radius 2 is 2.17 bits per heavy atom. The van der Waals surface area contributed by atoms with Gasteiger partial charge in [0.1, 0.15) is 0 Å². The highest BCUT2D eigenvalue weighted by atomic mass is 32.2. The van der Waals surface area contributed by atoms with Crippen LogP contribution in [0.25, 0.3) is 0 Å². The largest absolute Gasteiger partial charge is 0.511 e. The number of alkyl halides is 3. The van der Waals surface area contributed by atoms with Gasteiger partial charge in [0.2, 0.25) is 0 Å². The van der Waals surface area contributed by atoms with Crippen LogP contribution in [0.2, 0.25) is 0 Å². The van der Waals surface area contributed by atoms with Gasteiger partial charge in [-0.05, 0) is 18.1 Å². The van der Waals surface area contributed by atoms with Crippen molar-refractivity contribution in [2.24, 2.45) is 0 Å². The molecule has 3 rings (SSSR count). The predicted molar refractivity (Wildman–Crippen MR) is 77.3 cm³/mol. The SMILES string of the molecule is O=S(=O)(N1CC2(C[C@@H](OCc3cccnc3)CCO2)C1)C(F)(F)F. The Morgan fingerprint density at radius 1 is 1.42 bits per heavy atom. The fraction of sp³-hybridized carbons (Fsp3) is 0.643. The topological polar surface area (TPSA) is 68.7 Å². The monoisotopic (exact) mass is 366 g/mol. The van der Waals surface area contributed by atoms with Crippen molar-refractivity contribution >= 4 is 10.0 Å². The lowest BCUT2D eigenvalue weighted by atomic mass is 9.86. The van der Waals surface area contributed by atoms with Crippen LogP contribution in [0.1, 0.15) is 18.4 Å². The maximum absolute atomic E-state index is 12.5. The summed E-state index contributed by atoms with van der Waals surface area (Å²) in [4.78, 5) is 3.98. The first kappa shape index (κ1) is 17.6. The average Bonchev–Trinajstić information content (AvgIpc) is 2.50. The van der Waals surface area contributed by atoms with Crippen LogP contribution in [-0.4, -0.2) is 54.6 Å². The zero-order chi connectivity index (χ0) is 17.4. The maximum atomic E-state index is 12.5. The zero-order valence-electron chi connectivity index (χ0n) is 12.7. The standard InChI is InChI=1S/C14H17F3N2O4S/c15-14(16,17)24(20,21)19-9-13(10-19)6-12(3-5-23-13)22-8-11-2-1-4-18-7-11/h1-2,4,7,12H,3,5-6,8-10H2/t12-/m0/s1. The molecule has 24 heavy (non-hydrogen) atoms. The average molecular weight is 366 g/mol. The number of sulfonamides is 1. The molecule has 0 aliphatic carbocycles. The van der Waals surface area contributed by atoms with Crippen molar-refractivity contribution in [3.63, 3.8) is 0 Å². The molecule has 3 heterocycles. The number of nitrogens with zero attached hydrogens (tertiary/aromatic N) is 2. The lowest BCUT2D eigenvalue weighted by Gasteiger charge is -2.52. The number of halogens is 3. The molecular weight excluding hydrogens is 349 g/mol. The van der Waals surface area contributed by atoms with Crippen molar-refractivity contribution in [3.8, 4) is 0 Å². The van der Waals surface area contributed by atoms with Crippen LogP contribution < -0.4 is 0 Å². The summed E-state index contributed by atoms with van der Waals surface area (Å²) < 4.78 is 72.1. The lowest BCUT2D eigenvalue weighted by molar-refractivity contribution is -0.183. The van der Waals surface area contributed by atoms with Crippen LogP contribution in [0.3, 0.4) is 0 Å². The van der Waals surface area contributed by atoms with Gasteiger partial charge in [0.25, 0.3) is 0 Å². The molecule has 1 atom stereocenters. The Balaban J connectivity index is 1.56. The minimum Gasteiger partial charge on any atom is -0.373 e. The minimum atomic E-state index is -5.28. The Hall–Kier alpha value is -1.23. The highest BCUT2D eigenvalue weighted by Crippen LogP contribution is 2.40. The first-order chi connectivity index (χ1) is 11.2. The second-order valence-corrected chi connectivity index (χ2v) is 7.97. The fourth-order valence-corrected chi connectivity index (χ4v) is 4.06. The second kappa shape index (κ2) is 6.25. The van der Waals surface area contributed by atoms with Crippen molar-refractivity contribution in [1.29, 1.82) is 0 Å². The summed E-state index contributed by atoms with van der Waals surface area (Å²) in [6.07, 6.45) is 4.13. The van der Waals surface area contributed by atoms with Crippen molar-refractivity contribution in [1.82, 2.24) is 9.29 Å². The molecule has 0 unspecified atom stereocenters. The molecule has 1 aromatic rings. The molecule has 6 nitrogen and oxygen atoms in total. The van der Waals surface area contributed by atoms with Crippen LogP contribution in [0.5, 0.6) is 0 Å². The molecule has 0 bridgehead atoms. The first-order valence-electron chi connectivity index (χ1n) is 7.43. The third-order valence-electron chi connectivity index (χ3n) is 4.22. The second-order valence-electron chi connectivity index (χ2n) is 6.04. The van der Waals surface area contributed by atoms with Gasteiger partial charge in [0.05, 0.1) is 18.3 Å². The van der Waals surface area contributed by atoms with Gasteiger partial charge in [-0.25, -0.2) is 8.42 Å². The van der Waals surface area contributed by atoms with Crippen molar-refractivity contribution in [2.75, 3.05) is 19.7 Å². The van der Waals surface area contributed by atoms with Gasteiger partial charge in [-0.1, -0.05) is 6.07 Å². The van der Waals surface area contributed by atoms with Crippen molar-refractivity contribution in [3.05, 3.63) is 30.1 Å². The molecule has 0 N–H and O–H groups in total. The van der Waals surface area contributed by atoms with Gasteiger partial charge in [-0.15, -0.1) is 0 Å². The molecule has 1 spiro atoms. The Labute approximate surface area is 137 Å². The lowest BCUT2D eigenvalue weighted by Crippen LogP contribution is -2.68. The summed E-state index contributed by atoms with van der Waals surface area (Å²) in [7, 11) is -5.28. The van der Waals surface area contributed by atoms with E-state index in [1.807, 2.05) is 6.07 Å². The van der Waals surface area contributed by atoms with Crippen LogP contribution in [0, 0.1) is 0 Å². The Kier molecular flexibility index (Phi) is 4.58. The van der Waals surface area contributed by atoms with Gasteiger partial charge in [-0.3, -0.25) is 4.98 Å². The normalized spacial score (nSPS) is 24.7. The highest BCUT2D eigenvalue weighted by Gasteiger charge is 2.59. The van der Waals surface area contributed by atoms with Gasteiger partial charge >= 0.3 is 15.5 Å². The molecule has 10 heteroatoms. The van der Waals surface area contributed by atoms with E-state index in [1.165, 1.54) is 0 Å². The molecule has 0 radical (unpaired) electrons. The molecule has 0 saturated carbocycles. The van der Waals surface area contributed by atoms with E-state index >= 15 is 0 Å². The Morgan fingerprint density at radius 3 is 2.79 bits per heavy atom. The van der Waals surface area contributed by atoms with E-state index in [-0.39, 0.29) is 19.2 Å². The summed E-state index contributed by atoms with van der Waals surface area (Å²) >= 11 is 0. The number of hydrogen-bond donors (Lipinski definition) is 0. The van der Waals surface area contributed by atoms with E-state index in [4.69, 9.17) is 9.47 Å². The van der Waals surface area contributed by atoms with Crippen LogP contribution in [0.4, 0.5) is 13.2 Å². The van der Waals surface area contributed by atoms with E-state index in [0.29, 0.717) is 30.4 Å². The van der Waals surface area contributed by atoms with Gasteiger partial charge in [0, 0.05) is 38.5 Å². The highest BCUT2D eigenvalue weighted by molar-refractivity contribution is 7.90.